The van der Waals surface area contributed by atoms with Gasteiger partial charge in [-0.3, -0.25) is 19.2 Å². The molecule has 1 heterocycles. The van der Waals surface area contributed by atoms with Crippen LogP contribution in [0.1, 0.15) is 68.2 Å². The maximum atomic E-state index is 11.9. The zero-order valence-corrected chi connectivity index (χ0v) is 23.8. The first-order valence-electron chi connectivity index (χ1n) is 12.5. The predicted molar refractivity (Wildman–Crippen MR) is 136 cm³/mol. The summed E-state index contributed by atoms with van der Waals surface area (Å²) >= 11 is 5.38. The molecule has 0 amide bonds. The second kappa shape index (κ2) is 15.8. The average molecular weight is 548 g/mol. The highest BCUT2D eigenvalue weighted by Gasteiger charge is 2.45. The molecule has 0 aliphatic carbocycles. The minimum Gasteiger partial charge on any atom is -0.463 e. The summed E-state index contributed by atoms with van der Waals surface area (Å²) in [4.78, 5) is 47.3. The van der Waals surface area contributed by atoms with Crippen LogP contribution >= 0.6 is 12.2 Å². The van der Waals surface area contributed by atoms with Crippen molar-refractivity contribution < 1.29 is 47.6 Å². The lowest BCUT2D eigenvalue weighted by Gasteiger charge is -2.44. The SMILES string of the molecule is CCC(=S)N[C@@H](COC1OC(COC(C)=O)C(OC(C)=O)C(C)C1C)[C@H](OC(C)=O)[C@@H](CC)OC(C)=O. The Balaban J connectivity index is 3.19. The Hall–Kier alpha value is -2.31. The molecular weight excluding hydrogens is 506 g/mol. The van der Waals surface area contributed by atoms with Crippen molar-refractivity contribution in [3.8, 4) is 0 Å². The standard InChI is InChI=1S/C25H41NO10S/c1-9-20(33-16(6)28)24(35-18(8)30)19(26-22(37)10-2)11-32-25-14(4)13(3)23(34-17(7)29)21(36-25)12-31-15(5)27/h13-14,19-21,23-25H,9-12H2,1-8H3,(H,26,37)/t13?,14?,19-,20+,21?,23?,24-,25?/m0/s1. The molecule has 0 saturated carbocycles. The van der Waals surface area contributed by atoms with E-state index in [2.05, 4.69) is 5.32 Å². The van der Waals surface area contributed by atoms with E-state index in [9.17, 15) is 19.2 Å². The van der Waals surface area contributed by atoms with Crippen LogP contribution in [0, 0.1) is 11.8 Å². The first-order valence-corrected chi connectivity index (χ1v) is 12.9. The predicted octanol–water partition coefficient (Wildman–Crippen LogP) is 2.46. The molecule has 37 heavy (non-hydrogen) atoms. The Morgan fingerprint density at radius 2 is 1.54 bits per heavy atom. The lowest BCUT2D eigenvalue weighted by molar-refractivity contribution is -0.276. The van der Waals surface area contributed by atoms with Crippen molar-refractivity contribution in [2.75, 3.05) is 13.2 Å². The molecule has 8 atom stereocenters. The van der Waals surface area contributed by atoms with E-state index < -0.39 is 60.6 Å². The van der Waals surface area contributed by atoms with Crippen LogP contribution in [0.5, 0.6) is 0 Å². The highest BCUT2D eigenvalue weighted by molar-refractivity contribution is 7.80. The van der Waals surface area contributed by atoms with Gasteiger partial charge in [-0.2, -0.15) is 0 Å². The van der Waals surface area contributed by atoms with Crippen molar-refractivity contribution in [2.45, 2.75) is 105 Å². The molecule has 11 nitrogen and oxygen atoms in total. The van der Waals surface area contributed by atoms with Crippen LogP contribution < -0.4 is 5.32 Å². The first-order chi connectivity index (χ1) is 17.3. The third kappa shape index (κ3) is 10.9. The van der Waals surface area contributed by atoms with Gasteiger partial charge < -0.3 is 33.7 Å². The number of esters is 4. The van der Waals surface area contributed by atoms with Gasteiger partial charge in [-0.15, -0.1) is 0 Å². The number of carbonyl (C=O) groups excluding carboxylic acids is 4. The molecular formula is C25H41NO10S. The highest BCUT2D eigenvalue weighted by atomic mass is 32.1. The number of nitrogens with one attached hydrogen (secondary N) is 1. The summed E-state index contributed by atoms with van der Waals surface area (Å²) in [5, 5.41) is 3.16. The van der Waals surface area contributed by atoms with E-state index in [0.717, 1.165) is 0 Å². The fourth-order valence-corrected chi connectivity index (χ4v) is 4.24. The van der Waals surface area contributed by atoms with Gasteiger partial charge in [-0.25, -0.2) is 0 Å². The van der Waals surface area contributed by atoms with Gasteiger partial charge in [0.2, 0.25) is 0 Å². The summed E-state index contributed by atoms with van der Waals surface area (Å²) in [5.41, 5.74) is 0. The van der Waals surface area contributed by atoms with Crippen LogP contribution in [0.2, 0.25) is 0 Å². The highest BCUT2D eigenvalue weighted by Crippen LogP contribution is 2.34. The molecule has 1 rings (SSSR count). The van der Waals surface area contributed by atoms with Crippen LogP contribution in [0.4, 0.5) is 0 Å². The van der Waals surface area contributed by atoms with Crippen molar-refractivity contribution in [2.24, 2.45) is 11.8 Å². The van der Waals surface area contributed by atoms with Crippen LogP contribution in [-0.2, 0) is 47.6 Å². The molecule has 1 N–H and O–H groups in total. The lowest BCUT2D eigenvalue weighted by atomic mass is 9.84. The maximum Gasteiger partial charge on any atom is 0.303 e. The molecule has 1 aliphatic heterocycles. The van der Waals surface area contributed by atoms with Crippen LogP contribution in [0.25, 0.3) is 0 Å². The molecule has 0 bridgehead atoms. The smallest absolute Gasteiger partial charge is 0.303 e. The van der Waals surface area contributed by atoms with Gasteiger partial charge in [-0.05, 0) is 12.8 Å². The van der Waals surface area contributed by atoms with Crippen molar-refractivity contribution in [1.29, 1.82) is 0 Å². The Labute approximate surface area is 224 Å². The number of ether oxygens (including phenoxy) is 6. The summed E-state index contributed by atoms with van der Waals surface area (Å²) in [5.74, 6) is -2.44. The van der Waals surface area contributed by atoms with E-state index in [4.69, 9.17) is 40.6 Å². The number of hydrogen-bond acceptors (Lipinski definition) is 11. The van der Waals surface area contributed by atoms with E-state index in [-0.39, 0.29) is 25.0 Å². The Morgan fingerprint density at radius 3 is 2.03 bits per heavy atom. The van der Waals surface area contributed by atoms with E-state index in [1.54, 1.807) is 0 Å². The van der Waals surface area contributed by atoms with Gasteiger partial charge in [0.05, 0.1) is 17.6 Å². The van der Waals surface area contributed by atoms with Gasteiger partial charge in [0.15, 0.2) is 12.4 Å². The second-order valence-electron chi connectivity index (χ2n) is 9.13. The van der Waals surface area contributed by atoms with Crippen LogP contribution in [0.15, 0.2) is 0 Å². The number of carbonyl (C=O) groups is 4. The first kappa shape index (κ1) is 32.7. The fourth-order valence-electron chi connectivity index (χ4n) is 4.09. The van der Waals surface area contributed by atoms with Crippen molar-refractivity contribution in [3.63, 3.8) is 0 Å². The van der Waals surface area contributed by atoms with Gasteiger partial charge >= 0.3 is 23.9 Å². The van der Waals surface area contributed by atoms with Crippen molar-refractivity contribution in [3.05, 3.63) is 0 Å². The van der Waals surface area contributed by atoms with E-state index in [1.807, 2.05) is 27.7 Å². The Kier molecular flexibility index (Phi) is 14.0. The molecule has 1 aliphatic rings. The van der Waals surface area contributed by atoms with Crippen LogP contribution in [0.3, 0.4) is 0 Å². The quantitative estimate of drug-likeness (QED) is 0.206. The molecule has 0 aromatic carbocycles. The molecule has 1 fully saturated rings. The fraction of sp³-hybridized carbons (Fsp3) is 0.800. The maximum absolute atomic E-state index is 11.9. The van der Waals surface area contributed by atoms with Gasteiger partial charge in [-0.1, -0.05) is 39.9 Å². The topological polar surface area (TPSA) is 136 Å². The van der Waals surface area contributed by atoms with E-state index >= 15 is 0 Å². The second-order valence-corrected chi connectivity index (χ2v) is 9.62. The summed E-state index contributed by atoms with van der Waals surface area (Å²) in [6, 6.07) is -0.662. The summed E-state index contributed by atoms with van der Waals surface area (Å²) in [6.07, 6.45) is -2.87. The Morgan fingerprint density at radius 1 is 0.919 bits per heavy atom. The lowest BCUT2D eigenvalue weighted by Crippen LogP contribution is -2.56. The molecule has 1 saturated heterocycles. The normalized spacial score (nSPS) is 25.7. The summed E-state index contributed by atoms with van der Waals surface area (Å²) in [7, 11) is 0. The third-order valence-electron chi connectivity index (χ3n) is 6.10. The third-order valence-corrected chi connectivity index (χ3v) is 6.50. The minimum absolute atomic E-state index is 0.0178. The number of rotatable bonds is 13. The van der Waals surface area contributed by atoms with Gasteiger partial charge in [0.1, 0.15) is 24.9 Å². The minimum atomic E-state index is -0.891. The summed E-state index contributed by atoms with van der Waals surface area (Å²) in [6.45, 7) is 12.5. The zero-order valence-electron chi connectivity index (χ0n) is 22.9. The van der Waals surface area contributed by atoms with Gasteiger partial charge in [0.25, 0.3) is 0 Å². The van der Waals surface area contributed by atoms with E-state index in [0.29, 0.717) is 17.8 Å². The van der Waals surface area contributed by atoms with Crippen LogP contribution in [-0.4, -0.2) is 78.8 Å². The monoisotopic (exact) mass is 547 g/mol. The summed E-state index contributed by atoms with van der Waals surface area (Å²) < 4.78 is 33.9. The molecule has 0 aromatic heterocycles. The number of thiocarbonyl (C=S) groups is 1. The largest absolute Gasteiger partial charge is 0.463 e. The Bertz CT molecular complexity index is 806. The molecule has 5 unspecified atom stereocenters. The molecule has 0 aromatic rings. The zero-order chi connectivity index (χ0) is 28.3. The molecule has 12 heteroatoms. The number of hydrogen-bond donors (Lipinski definition) is 1. The van der Waals surface area contributed by atoms with Gasteiger partial charge in [0, 0.05) is 39.5 Å². The van der Waals surface area contributed by atoms with Crippen molar-refractivity contribution in [1.82, 2.24) is 5.32 Å². The van der Waals surface area contributed by atoms with E-state index in [1.165, 1.54) is 27.7 Å². The average Bonchev–Trinajstić information content (AvgIpc) is 2.81. The molecule has 212 valence electrons. The molecule has 0 radical (unpaired) electrons. The van der Waals surface area contributed by atoms with Crippen molar-refractivity contribution >= 4 is 41.1 Å². The molecule has 0 spiro atoms.